The molecule has 0 radical (unpaired) electrons. The SMILES string of the molecule is O=S(=O)([O-])Oc1cc(O)cc(/C=C/c2ccc(O)cc2)c1.[K+]. The van der Waals surface area contributed by atoms with E-state index < -0.39 is 10.4 Å². The quantitative estimate of drug-likeness (QED) is 0.322. The van der Waals surface area contributed by atoms with E-state index in [1.807, 2.05) is 0 Å². The topological polar surface area (TPSA) is 107 Å². The molecular formula is C14H11KO6S. The molecule has 6 nitrogen and oxygen atoms in total. The zero-order valence-corrected chi connectivity index (χ0v) is 15.6. The van der Waals surface area contributed by atoms with Gasteiger partial charge in [-0.1, -0.05) is 24.3 Å². The molecule has 0 aliphatic heterocycles. The van der Waals surface area contributed by atoms with Gasteiger partial charge < -0.3 is 18.9 Å². The number of rotatable bonds is 4. The summed E-state index contributed by atoms with van der Waals surface area (Å²) in [6.07, 6.45) is 3.28. The molecule has 0 atom stereocenters. The summed E-state index contributed by atoms with van der Waals surface area (Å²) in [6, 6.07) is 10.1. The molecule has 0 saturated carbocycles. The average Bonchev–Trinajstić information content (AvgIpc) is 2.35. The first kappa shape index (κ1) is 19.2. The van der Waals surface area contributed by atoms with Crippen LogP contribution in [0.2, 0.25) is 0 Å². The number of aromatic hydroxyl groups is 2. The minimum Gasteiger partial charge on any atom is -0.716 e. The van der Waals surface area contributed by atoms with Gasteiger partial charge in [0.15, 0.2) is 0 Å². The second-order valence-electron chi connectivity index (χ2n) is 4.18. The molecule has 0 unspecified atom stereocenters. The fraction of sp³-hybridized carbons (Fsp3) is 0. The third kappa shape index (κ3) is 6.49. The Kier molecular flexibility index (Phi) is 7.07. The fourth-order valence-electron chi connectivity index (χ4n) is 1.65. The van der Waals surface area contributed by atoms with Crippen molar-refractivity contribution in [3.05, 3.63) is 53.6 Å². The minimum atomic E-state index is -4.90. The zero-order valence-electron chi connectivity index (χ0n) is 11.6. The molecule has 2 aromatic carbocycles. The molecule has 0 fully saturated rings. The molecule has 0 amide bonds. The molecular weight excluding hydrogens is 335 g/mol. The van der Waals surface area contributed by atoms with Crippen molar-refractivity contribution in [2.75, 3.05) is 0 Å². The van der Waals surface area contributed by atoms with E-state index in [2.05, 4.69) is 4.18 Å². The third-order valence-electron chi connectivity index (χ3n) is 2.47. The van der Waals surface area contributed by atoms with Gasteiger partial charge in [0.25, 0.3) is 10.4 Å². The summed E-state index contributed by atoms with van der Waals surface area (Å²) in [7, 11) is -4.90. The predicted octanol–water partition coefficient (Wildman–Crippen LogP) is -0.889. The number of benzene rings is 2. The monoisotopic (exact) mass is 346 g/mol. The Morgan fingerprint density at radius 3 is 2.09 bits per heavy atom. The standard InChI is InChI=1S/C14H12O6S.K/c15-12-5-3-10(4-6-12)1-2-11-7-13(16)9-14(8-11)20-21(17,18)19;/h1-9,15-16H,(H,17,18,19);/q;+1/p-1/b2-1+;. The summed E-state index contributed by atoms with van der Waals surface area (Å²) >= 11 is 0. The molecule has 2 N–H and O–H groups in total. The van der Waals surface area contributed by atoms with Crippen molar-refractivity contribution < 1.29 is 78.8 Å². The largest absolute Gasteiger partial charge is 1.00 e. The fourth-order valence-corrected chi connectivity index (χ4v) is 1.98. The van der Waals surface area contributed by atoms with Crippen LogP contribution in [-0.4, -0.2) is 23.2 Å². The number of phenols is 2. The number of hydrogen-bond donors (Lipinski definition) is 2. The van der Waals surface area contributed by atoms with Crippen LogP contribution in [0.3, 0.4) is 0 Å². The van der Waals surface area contributed by atoms with E-state index in [1.54, 1.807) is 24.3 Å². The summed E-state index contributed by atoms with van der Waals surface area (Å²) < 4.78 is 35.8. The van der Waals surface area contributed by atoms with Crippen LogP contribution in [-0.2, 0) is 10.4 Å². The molecule has 0 aliphatic carbocycles. The molecule has 0 aliphatic rings. The van der Waals surface area contributed by atoms with Crippen LogP contribution in [0.5, 0.6) is 17.2 Å². The van der Waals surface area contributed by atoms with Crippen molar-refractivity contribution >= 4 is 22.6 Å². The first-order valence-electron chi connectivity index (χ1n) is 5.78. The molecule has 2 aromatic rings. The van der Waals surface area contributed by atoms with E-state index in [-0.39, 0.29) is 68.6 Å². The van der Waals surface area contributed by atoms with Crippen LogP contribution in [0.4, 0.5) is 0 Å². The number of hydrogen-bond acceptors (Lipinski definition) is 6. The van der Waals surface area contributed by atoms with Crippen LogP contribution < -0.4 is 55.6 Å². The molecule has 110 valence electrons. The van der Waals surface area contributed by atoms with Crippen LogP contribution in [0, 0.1) is 0 Å². The summed E-state index contributed by atoms with van der Waals surface area (Å²) in [6.45, 7) is 0. The van der Waals surface area contributed by atoms with Gasteiger partial charge in [0, 0.05) is 6.07 Å². The third-order valence-corrected chi connectivity index (χ3v) is 2.87. The van der Waals surface area contributed by atoms with E-state index in [0.29, 0.717) is 5.56 Å². The van der Waals surface area contributed by atoms with Crippen LogP contribution in [0.25, 0.3) is 12.2 Å². The molecule has 2 rings (SSSR count). The number of phenolic OH excluding ortho intramolecular Hbond substituents is 2. The maximum atomic E-state index is 10.5. The van der Waals surface area contributed by atoms with Crippen molar-refractivity contribution in [1.82, 2.24) is 0 Å². The zero-order chi connectivity index (χ0) is 15.5. The van der Waals surface area contributed by atoms with Crippen LogP contribution in [0.1, 0.15) is 11.1 Å². The molecule has 0 spiro atoms. The molecule has 22 heavy (non-hydrogen) atoms. The van der Waals surface area contributed by atoms with Gasteiger partial charge in [0.05, 0.1) is 0 Å². The molecule has 8 heteroatoms. The molecule has 0 saturated heterocycles. The second kappa shape index (κ2) is 8.11. The van der Waals surface area contributed by atoms with Crippen molar-refractivity contribution in [2.45, 2.75) is 0 Å². The first-order valence-corrected chi connectivity index (χ1v) is 7.12. The summed E-state index contributed by atoms with van der Waals surface area (Å²) in [5.74, 6) is -0.363. The Balaban J connectivity index is 0.00000242. The van der Waals surface area contributed by atoms with E-state index in [9.17, 15) is 18.1 Å². The average molecular weight is 346 g/mol. The van der Waals surface area contributed by atoms with Gasteiger partial charge in [-0.3, -0.25) is 0 Å². The predicted molar refractivity (Wildman–Crippen MR) is 75.5 cm³/mol. The summed E-state index contributed by atoms with van der Waals surface area (Å²) in [5, 5.41) is 18.6. The smallest absolute Gasteiger partial charge is 0.716 e. The Bertz CT molecular complexity index is 768. The van der Waals surface area contributed by atoms with E-state index in [0.717, 1.165) is 11.6 Å². The van der Waals surface area contributed by atoms with Crippen molar-refractivity contribution in [3.8, 4) is 17.2 Å². The Morgan fingerprint density at radius 1 is 0.909 bits per heavy atom. The maximum absolute atomic E-state index is 10.5. The van der Waals surface area contributed by atoms with E-state index >= 15 is 0 Å². The van der Waals surface area contributed by atoms with E-state index in [4.69, 9.17) is 5.11 Å². The normalized spacial score (nSPS) is 11.1. The molecule has 0 aromatic heterocycles. The maximum Gasteiger partial charge on any atom is 1.00 e. The molecule has 0 bridgehead atoms. The Morgan fingerprint density at radius 2 is 1.50 bits per heavy atom. The van der Waals surface area contributed by atoms with Crippen LogP contribution in [0.15, 0.2) is 42.5 Å². The van der Waals surface area contributed by atoms with Gasteiger partial charge in [-0.15, -0.1) is 0 Å². The Labute approximate surface area is 170 Å². The van der Waals surface area contributed by atoms with E-state index in [1.165, 1.54) is 24.3 Å². The first-order chi connectivity index (χ1) is 9.82. The summed E-state index contributed by atoms with van der Waals surface area (Å²) in [5.41, 5.74) is 1.23. The summed E-state index contributed by atoms with van der Waals surface area (Å²) in [4.78, 5) is 0. The van der Waals surface area contributed by atoms with Crippen LogP contribution >= 0.6 is 0 Å². The minimum absolute atomic E-state index is 0. The van der Waals surface area contributed by atoms with Gasteiger partial charge in [-0.25, -0.2) is 8.42 Å². The van der Waals surface area contributed by atoms with Gasteiger partial charge in [-0.05, 0) is 35.4 Å². The van der Waals surface area contributed by atoms with Crippen molar-refractivity contribution in [3.63, 3.8) is 0 Å². The Hall–Kier alpha value is -0.874. The molecule has 0 heterocycles. The second-order valence-corrected chi connectivity index (χ2v) is 5.16. The van der Waals surface area contributed by atoms with Gasteiger partial charge in [0.2, 0.25) is 0 Å². The van der Waals surface area contributed by atoms with Gasteiger partial charge >= 0.3 is 51.4 Å². The van der Waals surface area contributed by atoms with Gasteiger partial charge in [-0.2, -0.15) is 0 Å². The van der Waals surface area contributed by atoms with Crippen molar-refractivity contribution in [2.24, 2.45) is 0 Å². The van der Waals surface area contributed by atoms with Gasteiger partial charge in [0.1, 0.15) is 17.2 Å². The van der Waals surface area contributed by atoms with Crippen molar-refractivity contribution in [1.29, 1.82) is 0 Å².